The molecule has 0 bridgehead atoms. The molecule has 15 heteroatoms. The maximum absolute atomic E-state index is 14.8. The average molecular weight is 670 g/mol. The molecule has 1 aliphatic heterocycles. The van der Waals surface area contributed by atoms with Gasteiger partial charge in [0.1, 0.15) is 51.6 Å². The van der Waals surface area contributed by atoms with Gasteiger partial charge in [-0.1, -0.05) is 30.0 Å². The number of carbonyl (C=O) groups is 3. The number of amides is 1. The Hall–Kier alpha value is -5.44. The largest absolute Gasteiger partial charge is 0.484 e. The summed E-state index contributed by atoms with van der Waals surface area (Å²) < 4.78 is 73.7. The number of allylic oxidation sites excluding steroid dienone is 2. The predicted octanol–water partition coefficient (Wildman–Crippen LogP) is 5.72. The van der Waals surface area contributed by atoms with Gasteiger partial charge in [0.25, 0.3) is 5.91 Å². The number of aromatic nitrogens is 1. The van der Waals surface area contributed by atoms with Gasteiger partial charge in [0, 0.05) is 23.3 Å². The van der Waals surface area contributed by atoms with Crippen molar-refractivity contribution in [1.82, 2.24) is 9.99 Å². The molecule has 2 heterocycles. The zero-order valence-corrected chi connectivity index (χ0v) is 25.1. The molecule has 242 valence electrons. The predicted molar refractivity (Wildman–Crippen MR) is 160 cm³/mol. The van der Waals surface area contributed by atoms with Gasteiger partial charge in [-0.25, -0.2) is 37.1 Å². The van der Waals surface area contributed by atoms with Crippen molar-refractivity contribution in [3.63, 3.8) is 0 Å². The summed E-state index contributed by atoms with van der Waals surface area (Å²) in [6, 6.07) is 10.1. The number of pyridine rings is 1. The van der Waals surface area contributed by atoms with E-state index >= 15 is 0 Å². The number of hydrogen-bond donors (Lipinski definition) is 1. The van der Waals surface area contributed by atoms with Gasteiger partial charge < -0.3 is 19.3 Å². The standard InChI is InChI=1S/C32H23F4N3O7S/c1-44-26(40)16-46-28-21(6-2-3-8-25(28)45-15-20-5-4-7-24(37-20)32(42)43)31-39(30(41)27-22(35)13-19(34)14-23(27)36)38-29(47-31)17-9-11-18(33)12-10-17/h2,4-14,31H,3,15-16H2,1H3,(H,42,43). The zero-order chi connectivity index (χ0) is 33.7. The van der Waals surface area contributed by atoms with Crippen molar-refractivity contribution in [3.8, 4) is 0 Å². The van der Waals surface area contributed by atoms with Crippen molar-refractivity contribution in [2.75, 3.05) is 13.7 Å². The minimum atomic E-state index is -1.46. The van der Waals surface area contributed by atoms with Crippen molar-refractivity contribution < 1.29 is 51.3 Å². The number of carboxylic acid groups (broad SMARTS) is 1. The van der Waals surface area contributed by atoms with Crippen LogP contribution < -0.4 is 0 Å². The number of ether oxygens (including phenoxy) is 3. The van der Waals surface area contributed by atoms with Gasteiger partial charge in [0.2, 0.25) is 0 Å². The van der Waals surface area contributed by atoms with E-state index in [1.807, 2.05) is 0 Å². The fraction of sp³-hybridized carbons (Fsp3) is 0.156. The number of carbonyl (C=O) groups excluding carboxylic acids is 2. The highest BCUT2D eigenvalue weighted by Gasteiger charge is 2.40. The molecular weight excluding hydrogens is 646 g/mol. The molecule has 0 spiro atoms. The van der Waals surface area contributed by atoms with Gasteiger partial charge in [-0.2, -0.15) is 5.10 Å². The van der Waals surface area contributed by atoms with Crippen LogP contribution in [0.25, 0.3) is 0 Å². The zero-order valence-electron chi connectivity index (χ0n) is 24.3. The molecule has 0 saturated heterocycles. The molecule has 10 nitrogen and oxygen atoms in total. The number of thioether (sulfide) groups is 1. The van der Waals surface area contributed by atoms with E-state index in [0.717, 1.165) is 36.0 Å². The molecule has 0 fully saturated rings. The van der Waals surface area contributed by atoms with E-state index in [1.54, 1.807) is 18.2 Å². The highest BCUT2D eigenvalue weighted by Crippen LogP contribution is 2.40. The van der Waals surface area contributed by atoms with Gasteiger partial charge in [0.15, 0.2) is 18.1 Å². The molecule has 47 heavy (non-hydrogen) atoms. The highest BCUT2D eigenvalue weighted by molar-refractivity contribution is 8.15. The third-order valence-corrected chi connectivity index (χ3v) is 7.83. The Morgan fingerprint density at radius 3 is 2.40 bits per heavy atom. The first-order chi connectivity index (χ1) is 22.5. The number of aromatic carboxylic acids is 1. The van der Waals surface area contributed by atoms with E-state index in [1.165, 1.54) is 30.3 Å². The summed E-state index contributed by atoms with van der Waals surface area (Å²) in [7, 11) is 1.14. The van der Waals surface area contributed by atoms with Crippen LogP contribution in [0, 0.1) is 23.3 Å². The molecule has 1 aromatic heterocycles. The quantitative estimate of drug-likeness (QED) is 0.213. The second kappa shape index (κ2) is 14.3. The number of hydrazone groups is 1. The Labute approximate surface area is 268 Å². The van der Waals surface area contributed by atoms with E-state index in [9.17, 15) is 37.1 Å². The van der Waals surface area contributed by atoms with Crippen LogP contribution in [-0.4, -0.2) is 57.1 Å². The summed E-state index contributed by atoms with van der Waals surface area (Å²) in [6.45, 7) is -0.857. The van der Waals surface area contributed by atoms with E-state index in [-0.39, 0.29) is 46.6 Å². The Morgan fingerprint density at radius 1 is 1.00 bits per heavy atom. The molecule has 2 aliphatic rings. The van der Waals surface area contributed by atoms with Gasteiger partial charge in [0.05, 0.1) is 12.8 Å². The lowest BCUT2D eigenvalue weighted by molar-refractivity contribution is -0.144. The summed E-state index contributed by atoms with van der Waals surface area (Å²) in [5.74, 6) is -8.02. The fourth-order valence-electron chi connectivity index (χ4n) is 4.43. The minimum Gasteiger partial charge on any atom is -0.484 e. The number of esters is 1. The van der Waals surface area contributed by atoms with Crippen LogP contribution in [0.5, 0.6) is 0 Å². The Kier molecular flexibility index (Phi) is 10.0. The molecular formula is C32H23F4N3O7S. The number of benzene rings is 2. The third-order valence-electron chi connectivity index (χ3n) is 6.62. The van der Waals surface area contributed by atoms with Crippen LogP contribution >= 0.6 is 11.8 Å². The third kappa shape index (κ3) is 7.52. The fourth-order valence-corrected chi connectivity index (χ4v) is 5.60. The van der Waals surface area contributed by atoms with Crippen LogP contribution in [0.4, 0.5) is 17.6 Å². The van der Waals surface area contributed by atoms with Crippen molar-refractivity contribution in [1.29, 1.82) is 0 Å². The summed E-state index contributed by atoms with van der Waals surface area (Å²) in [4.78, 5) is 41.3. The second-order valence-electron chi connectivity index (χ2n) is 9.74. The van der Waals surface area contributed by atoms with Crippen LogP contribution in [0.15, 0.2) is 95.0 Å². The van der Waals surface area contributed by atoms with Crippen molar-refractivity contribution in [3.05, 3.63) is 136 Å². The number of hydrogen-bond acceptors (Lipinski definition) is 9. The lowest BCUT2D eigenvalue weighted by Gasteiger charge is -2.25. The Bertz CT molecular complexity index is 1840. The smallest absolute Gasteiger partial charge is 0.354 e. The monoisotopic (exact) mass is 669 g/mol. The maximum Gasteiger partial charge on any atom is 0.354 e. The van der Waals surface area contributed by atoms with E-state index in [2.05, 4.69) is 10.1 Å². The molecule has 3 aromatic rings. The van der Waals surface area contributed by atoms with Crippen LogP contribution in [0.1, 0.15) is 38.5 Å². The first-order valence-electron chi connectivity index (χ1n) is 13.7. The van der Waals surface area contributed by atoms with Crippen LogP contribution in [0.3, 0.4) is 0 Å². The van der Waals surface area contributed by atoms with Gasteiger partial charge in [-0.05, 0) is 48.9 Å². The first-order valence-corrected chi connectivity index (χ1v) is 14.6. The molecule has 1 N–H and O–H groups in total. The molecule has 1 aliphatic carbocycles. The van der Waals surface area contributed by atoms with Crippen molar-refractivity contribution >= 4 is 34.7 Å². The normalized spacial score (nSPS) is 15.9. The molecule has 1 amide bonds. The van der Waals surface area contributed by atoms with Crippen LogP contribution in [-0.2, 0) is 25.6 Å². The molecule has 1 atom stereocenters. The second-order valence-corrected chi connectivity index (χ2v) is 10.8. The van der Waals surface area contributed by atoms with Gasteiger partial charge >= 0.3 is 11.9 Å². The summed E-state index contributed by atoms with van der Waals surface area (Å²) in [5, 5.41) is 13.3. The van der Waals surface area contributed by atoms with Crippen molar-refractivity contribution in [2.45, 2.75) is 18.4 Å². The SMILES string of the molecule is COC(=O)COC1=C(C2SC(c3ccc(F)cc3)=NN2C(=O)c2c(F)cc(F)cc2F)C=CCC=C1OCc1cccc(C(=O)O)n1. The van der Waals surface area contributed by atoms with Gasteiger partial charge in [-0.15, -0.1) is 0 Å². The highest BCUT2D eigenvalue weighted by atomic mass is 32.2. The molecule has 1 unspecified atom stereocenters. The van der Waals surface area contributed by atoms with E-state index in [0.29, 0.717) is 17.7 Å². The molecule has 2 aromatic carbocycles. The summed E-state index contributed by atoms with van der Waals surface area (Å²) in [5.41, 5.74) is -0.528. The Balaban J connectivity index is 1.59. The average Bonchev–Trinajstić information content (AvgIpc) is 3.38. The lowest BCUT2D eigenvalue weighted by Crippen LogP contribution is -2.34. The van der Waals surface area contributed by atoms with Gasteiger partial charge in [-0.3, -0.25) is 4.79 Å². The minimum absolute atomic E-state index is 0.0544. The molecule has 5 rings (SSSR count). The summed E-state index contributed by atoms with van der Waals surface area (Å²) >= 11 is 0.945. The van der Waals surface area contributed by atoms with Crippen LogP contribution in [0.2, 0.25) is 0 Å². The number of carboxylic acids is 1. The Morgan fingerprint density at radius 2 is 1.72 bits per heavy atom. The summed E-state index contributed by atoms with van der Waals surface area (Å²) in [6.07, 6.45) is 5.05. The molecule has 0 radical (unpaired) electrons. The lowest BCUT2D eigenvalue weighted by atomic mass is 10.1. The van der Waals surface area contributed by atoms with E-state index in [4.69, 9.17) is 14.2 Å². The number of halogens is 4. The number of nitrogens with zero attached hydrogens (tertiary/aromatic N) is 3. The first kappa shape index (κ1) is 32.9. The number of rotatable bonds is 10. The number of methoxy groups -OCH3 is 1. The van der Waals surface area contributed by atoms with E-state index < -0.39 is 58.7 Å². The van der Waals surface area contributed by atoms with Crippen molar-refractivity contribution in [2.24, 2.45) is 5.10 Å². The maximum atomic E-state index is 14.8. The topological polar surface area (TPSA) is 128 Å². The molecule has 0 saturated carbocycles.